The molecule has 1 aromatic rings. The Bertz CT molecular complexity index is 439. The van der Waals surface area contributed by atoms with E-state index in [0.717, 1.165) is 18.7 Å². The normalized spacial score (nSPS) is 11.8. The van der Waals surface area contributed by atoms with E-state index in [4.69, 9.17) is 12.2 Å². The zero-order valence-corrected chi connectivity index (χ0v) is 12.0. The van der Waals surface area contributed by atoms with E-state index in [1.165, 1.54) is 12.8 Å². The molecule has 1 rings (SSSR count). The molecule has 17 heavy (non-hydrogen) atoms. The Balaban J connectivity index is 2.30. The first-order chi connectivity index (χ1) is 7.87. The van der Waals surface area contributed by atoms with Gasteiger partial charge in [0.1, 0.15) is 10.2 Å². The molecule has 0 unspecified atom stereocenters. The summed E-state index contributed by atoms with van der Waals surface area (Å²) in [4.78, 5) is 11.5. The molecule has 0 aliphatic carbocycles. The highest BCUT2D eigenvalue weighted by atomic mass is 32.1. The van der Waals surface area contributed by atoms with Crippen LogP contribution < -0.4 is 16.1 Å². The van der Waals surface area contributed by atoms with Crippen LogP contribution in [0.15, 0.2) is 4.79 Å². The number of unbranched alkanes of at least 4 members (excludes halogenated alkanes) is 1. The second-order valence-electron chi connectivity index (χ2n) is 5.60. The lowest BCUT2D eigenvalue weighted by Gasteiger charge is -2.18. The van der Waals surface area contributed by atoms with Crippen molar-refractivity contribution in [1.29, 1.82) is 0 Å². The van der Waals surface area contributed by atoms with Crippen LogP contribution in [0.25, 0.3) is 0 Å². The second-order valence-corrected chi connectivity index (χ2v) is 6.01. The van der Waals surface area contributed by atoms with Gasteiger partial charge in [0.15, 0.2) is 0 Å². The van der Waals surface area contributed by atoms with Gasteiger partial charge in [0.25, 0.3) is 0 Å². The van der Waals surface area contributed by atoms with E-state index in [-0.39, 0.29) is 5.43 Å². The summed E-state index contributed by atoms with van der Waals surface area (Å²) in [7, 11) is 1.79. The fourth-order valence-electron chi connectivity index (χ4n) is 1.79. The summed E-state index contributed by atoms with van der Waals surface area (Å²) >= 11 is 4.94. The highest BCUT2D eigenvalue weighted by Gasteiger charge is 2.15. The minimum absolute atomic E-state index is 0.0276. The van der Waals surface area contributed by atoms with Gasteiger partial charge in [-0.1, -0.05) is 39.4 Å². The monoisotopic (exact) mass is 254 g/mol. The molecular formula is C13H22N2OS. The lowest BCUT2D eigenvalue weighted by molar-refractivity contribution is 0.362. The molecule has 0 aliphatic rings. The van der Waals surface area contributed by atoms with Gasteiger partial charge in [-0.2, -0.15) is 0 Å². The number of nitrogens with one attached hydrogen (secondary N) is 2. The van der Waals surface area contributed by atoms with Crippen molar-refractivity contribution in [3.8, 4) is 0 Å². The molecule has 0 fully saturated rings. The first-order valence-corrected chi connectivity index (χ1v) is 6.52. The summed E-state index contributed by atoms with van der Waals surface area (Å²) in [6, 6.07) is 0. The fourth-order valence-corrected chi connectivity index (χ4v) is 2.10. The van der Waals surface area contributed by atoms with Gasteiger partial charge in [0.2, 0.25) is 5.43 Å². The van der Waals surface area contributed by atoms with Gasteiger partial charge in [-0.25, -0.2) is 0 Å². The summed E-state index contributed by atoms with van der Waals surface area (Å²) < 4.78 is 0.421. The molecule has 0 saturated heterocycles. The molecule has 3 nitrogen and oxygen atoms in total. The van der Waals surface area contributed by atoms with Crippen molar-refractivity contribution < 1.29 is 0 Å². The topological polar surface area (TPSA) is 41.1 Å². The van der Waals surface area contributed by atoms with Gasteiger partial charge in [0, 0.05) is 13.6 Å². The smallest absolute Gasteiger partial charge is 0.223 e. The number of hydrogen-bond donors (Lipinski definition) is 2. The van der Waals surface area contributed by atoms with Crippen LogP contribution in [0.1, 0.15) is 40.0 Å². The molecule has 0 aromatic heterocycles. The highest BCUT2D eigenvalue weighted by molar-refractivity contribution is 7.71. The maximum atomic E-state index is 11.5. The van der Waals surface area contributed by atoms with Crippen molar-refractivity contribution in [2.24, 2.45) is 5.41 Å². The number of rotatable bonds is 6. The molecule has 4 heteroatoms. The quantitative estimate of drug-likeness (QED) is 0.603. The molecule has 0 heterocycles. The van der Waals surface area contributed by atoms with Crippen molar-refractivity contribution >= 4 is 23.6 Å². The average molecular weight is 254 g/mol. The van der Waals surface area contributed by atoms with Gasteiger partial charge in [-0.3, -0.25) is 4.79 Å². The van der Waals surface area contributed by atoms with Gasteiger partial charge < -0.3 is 10.6 Å². The van der Waals surface area contributed by atoms with Crippen LogP contribution >= 0.6 is 12.2 Å². The molecule has 0 spiro atoms. The van der Waals surface area contributed by atoms with Crippen LogP contribution in [0.5, 0.6) is 0 Å². The minimum atomic E-state index is -0.0276. The van der Waals surface area contributed by atoms with Gasteiger partial charge in [-0.05, 0) is 18.3 Å². The predicted octanol–water partition coefficient (Wildman–Crippen LogP) is 3.32. The van der Waals surface area contributed by atoms with Gasteiger partial charge >= 0.3 is 0 Å². The van der Waals surface area contributed by atoms with E-state index < -0.39 is 0 Å². The Kier molecular flexibility index (Phi) is 4.69. The Morgan fingerprint density at radius 3 is 2.35 bits per heavy atom. The van der Waals surface area contributed by atoms with Crippen LogP contribution in [-0.4, -0.2) is 13.6 Å². The van der Waals surface area contributed by atoms with E-state index in [0.29, 0.717) is 15.6 Å². The molecule has 0 amide bonds. The Labute approximate surface area is 108 Å². The van der Waals surface area contributed by atoms with Crippen molar-refractivity contribution in [2.45, 2.75) is 40.0 Å². The van der Waals surface area contributed by atoms with Gasteiger partial charge in [-0.15, -0.1) is 0 Å². The summed E-state index contributed by atoms with van der Waals surface area (Å²) in [5.41, 5.74) is 1.82. The first-order valence-electron chi connectivity index (χ1n) is 6.12. The van der Waals surface area contributed by atoms with Crippen molar-refractivity contribution in [3.63, 3.8) is 0 Å². The summed E-state index contributed by atoms with van der Waals surface area (Å²) in [6.45, 7) is 7.58. The Hall–Kier alpha value is -0.900. The average Bonchev–Trinajstić information content (AvgIpc) is 2.24. The van der Waals surface area contributed by atoms with Crippen molar-refractivity contribution in [1.82, 2.24) is 0 Å². The second kappa shape index (κ2) is 5.63. The SMILES string of the molecule is CNc1c(NCCCCC(C)(C)C)c(=O)c1=S. The summed E-state index contributed by atoms with van der Waals surface area (Å²) in [6.07, 6.45) is 3.47. The van der Waals surface area contributed by atoms with Crippen LogP contribution in [0.4, 0.5) is 11.4 Å². The third kappa shape index (κ3) is 3.80. The lowest BCUT2D eigenvalue weighted by Crippen LogP contribution is -2.21. The molecule has 0 radical (unpaired) electrons. The largest absolute Gasteiger partial charge is 0.385 e. The molecule has 1 aromatic carbocycles. The fraction of sp³-hybridized carbons (Fsp3) is 0.692. The predicted molar refractivity (Wildman–Crippen MR) is 77.3 cm³/mol. The van der Waals surface area contributed by atoms with Crippen molar-refractivity contribution in [2.75, 3.05) is 24.2 Å². The molecule has 0 aliphatic heterocycles. The zero-order chi connectivity index (χ0) is 13.1. The van der Waals surface area contributed by atoms with E-state index in [1.807, 2.05) is 0 Å². The van der Waals surface area contributed by atoms with Crippen LogP contribution in [0.3, 0.4) is 0 Å². The summed E-state index contributed by atoms with van der Waals surface area (Å²) in [5.74, 6) is 0. The van der Waals surface area contributed by atoms with E-state index in [2.05, 4.69) is 31.4 Å². The van der Waals surface area contributed by atoms with Crippen molar-refractivity contribution in [3.05, 3.63) is 14.7 Å². The molecule has 96 valence electrons. The number of hydrogen-bond acceptors (Lipinski definition) is 4. The third-order valence-corrected chi connectivity index (χ3v) is 3.21. The Morgan fingerprint density at radius 1 is 1.18 bits per heavy atom. The molecule has 0 saturated carbocycles. The maximum absolute atomic E-state index is 11.5. The molecule has 0 bridgehead atoms. The molecule has 0 atom stereocenters. The highest BCUT2D eigenvalue weighted by Crippen LogP contribution is 2.23. The zero-order valence-electron chi connectivity index (χ0n) is 11.1. The van der Waals surface area contributed by atoms with E-state index in [9.17, 15) is 4.79 Å². The van der Waals surface area contributed by atoms with Gasteiger partial charge in [0.05, 0.1) is 5.69 Å². The third-order valence-electron chi connectivity index (χ3n) is 2.82. The Morgan fingerprint density at radius 2 is 1.82 bits per heavy atom. The lowest BCUT2D eigenvalue weighted by atomic mass is 9.90. The molecule has 2 N–H and O–H groups in total. The first kappa shape index (κ1) is 14.2. The standard InChI is InChI=1S/C13H22N2OS/c1-13(2,3)7-5-6-8-15-9-10(14-4)12(17)11(9)16/h14-15H,5-8H2,1-4H3. The van der Waals surface area contributed by atoms with Crippen LogP contribution in [0, 0.1) is 9.93 Å². The minimum Gasteiger partial charge on any atom is -0.385 e. The number of anilines is 2. The van der Waals surface area contributed by atoms with E-state index >= 15 is 0 Å². The van der Waals surface area contributed by atoms with Crippen LogP contribution in [0.2, 0.25) is 0 Å². The van der Waals surface area contributed by atoms with Crippen LogP contribution in [-0.2, 0) is 0 Å². The maximum Gasteiger partial charge on any atom is 0.223 e. The van der Waals surface area contributed by atoms with E-state index in [1.54, 1.807) is 7.05 Å². The summed E-state index contributed by atoms with van der Waals surface area (Å²) in [5, 5.41) is 6.12. The molecular weight excluding hydrogens is 232 g/mol.